The Morgan fingerprint density at radius 3 is 2.61 bits per heavy atom. The van der Waals surface area contributed by atoms with E-state index < -0.39 is 0 Å². The summed E-state index contributed by atoms with van der Waals surface area (Å²) in [7, 11) is 0. The molecule has 0 radical (unpaired) electrons. The summed E-state index contributed by atoms with van der Waals surface area (Å²) in [6.07, 6.45) is 1.61. The van der Waals surface area contributed by atoms with Crippen molar-refractivity contribution in [2.24, 2.45) is 0 Å². The van der Waals surface area contributed by atoms with E-state index >= 15 is 0 Å². The number of rotatable bonds is 4. The van der Waals surface area contributed by atoms with Gasteiger partial charge in [0.25, 0.3) is 0 Å². The van der Waals surface area contributed by atoms with E-state index in [0.29, 0.717) is 46.6 Å². The molecule has 3 heterocycles. The molecule has 8 nitrogen and oxygen atoms in total. The first-order valence-electron chi connectivity index (χ1n) is 8.85. The molecule has 1 aromatic carbocycles. The SMILES string of the molecule is Cc1noc(CC(=O)N2CCC(c3nc(-c4ccc(Cl)c(Cl)c4)no3)CC2)n1. The van der Waals surface area contributed by atoms with Crippen LogP contribution in [-0.2, 0) is 11.2 Å². The number of piperidine rings is 1. The van der Waals surface area contributed by atoms with Crippen LogP contribution in [0.15, 0.2) is 27.2 Å². The molecule has 1 amide bonds. The minimum atomic E-state index is -0.0240. The predicted molar refractivity (Wildman–Crippen MR) is 101 cm³/mol. The van der Waals surface area contributed by atoms with Crippen LogP contribution in [0.5, 0.6) is 0 Å². The second-order valence-corrected chi connectivity index (χ2v) is 7.47. The highest BCUT2D eigenvalue weighted by molar-refractivity contribution is 6.42. The first kappa shape index (κ1) is 18.9. The van der Waals surface area contributed by atoms with Crippen molar-refractivity contribution in [3.63, 3.8) is 0 Å². The van der Waals surface area contributed by atoms with E-state index in [1.165, 1.54) is 0 Å². The molecule has 0 atom stereocenters. The topological polar surface area (TPSA) is 98.2 Å². The normalized spacial score (nSPS) is 15.2. The summed E-state index contributed by atoms with van der Waals surface area (Å²) in [5.41, 5.74) is 0.742. The second-order valence-electron chi connectivity index (χ2n) is 6.65. The van der Waals surface area contributed by atoms with Crippen LogP contribution in [0.4, 0.5) is 0 Å². The van der Waals surface area contributed by atoms with Gasteiger partial charge in [-0.3, -0.25) is 4.79 Å². The summed E-state index contributed by atoms with van der Waals surface area (Å²) < 4.78 is 10.5. The number of benzene rings is 1. The van der Waals surface area contributed by atoms with Crippen molar-refractivity contribution >= 4 is 29.1 Å². The first-order valence-corrected chi connectivity index (χ1v) is 9.61. The molecule has 0 bridgehead atoms. The molecule has 0 spiro atoms. The van der Waals surface area contributed by atoms with Crippen LogP contribution in [-0.4, -0.2) is 44.2 Å². The number of aryl methyl sites for hydroxylation is 1. The highest BCUT2D eigenvalue weighted by Crippen LogP contribution is 2.31. The fourth-order valence-corrected chi connectivity index (χ4v) is 3.48. The Bertz CT molecular complexity index is 995. The molecule has 10 heteroatoms. The van der Waals surface area contributed by atoms with Crippen molar-refractivity contribution in [3.05, 3.63) is 45.9 Å². The average molecular weight is 422 g/mol. The van der Waals surface area contributed by atoms with Gasteiger partial charge < -0.3 is 13.9 Å². The molecule has 3 aromatic rings. The van der Waals surface area contributed by atoms with Crippen molar-refractivity contribution in [1.82, 2.24) is 25.2 Å². The van der Waals surface area contributed by atoms with Crippen LogP contribution >= 0.6 is 23.2 Å². The molecule has 1 fully saturated rings. The van der Waals surface area contributed by atoms with Crippen LogP contribution in [0.3, 0.4) is 0 Å². The molecular formula is C18H17Cl2N5O3. The summed E-state index contributed by atoms with van der Waals surface area (Å²) >= 11 is 12.0. The Kier molecular flexibility index (Phi) is 5.32. The number of nitrogens with zero attached hydrogens (tertiary/aromatic N) is 5. The van der Waals surface area contributed by atoms with Crippen LogP contribution in [0, 0.1) is 6.92 Å². The van der Waals surface area contributed by atoms with Gasteiger partial charge in [0.1, 0.15) is 6.42 Å². The Morgan fingerprint density at radius 1 is 1.14 bits per heavy atom. The zero-order valence-corrected chi connectivity index (χ0v) is 16.6. The lowest BCUT2D eigenvalue weighted by Crippen LogP contribution is -2.38. The second kappa shape index (κ2) is 7.89. The smallest absolute Gasteiger partial charge is 0.236 e. The highest BCUT2D eigenvalue weighted by Gasteiger charge is 2.28. The fourth-order valence-electron chi connectivity index (χ4n) is 3.18. The van der Waals surface area contributed by atoms with Gasteiger partial charge in [-0.2, -0.15) is 9.97 Å². The van der Waals surface area contributed by atoms with E-state index in [2.05, 4.69) is 20.3 Å². The van der Waals surface area contributed by atoms with Crippen molar-refractivity contribution < 1.29 is 13.8 Å². The zero-order valence-electron chi connectivity index (χ0n) is 15.1. The van der Waals surface area contributed by atoms with Crippen molar-refractivity contribution in [2.75, 3.05) is 13.1 Å². The maximum absolute atomic E-state index is 12.4. The van der Waals surface area contributed by atoms with Gasteiger partial charge in [0.05, 0.1) is 10.0 Å². The van der Waals surface area contributed by atoms with E-state index in [-0.39, 0.29) is 18.2 Å². The number of hydrogen-bond donors (Lipinski definition) is 0. The number of carbonyl (C=O) groups is 1. The lowest BCUT2D eigenvalue weighted by Gasteiger charge is -2.30. The maximum Gasteiger partial charge on any atom is 0.236 e. The number of amides is 1. The summed E-state index contributed by atoms with van der Waals surface area (Å²) in [4.78, 5) is 22.8. The summed E-state index contributed by atoms with van der Waals surface area (Å²) in [6.45, 7) is 2.95. The third-order valence-corrected chi connectivity index (χ3v) is 5.43. The van der Waals surface area contributed by atoms with Gasteiger partial charge in [-0.05, 0) is 38.0 Å². The van der Waals surface area contributed by atoms with E-state index in [1.54, 1.807) is 30.0 Å². The van der Waals surface area contributed by atoms with Crippen molar-refractivity contribution in [2.45, 2.75) is 32.1 Å². The molecule has 2 aromatic heterocycles. The van der Waals surface area contributed by atoms with Crippen molar-refractivity contribution in [1.29, 1.82) is 0 Å². The number of carbonyl (C=O) groups excluding carboxylic acids is 1. The molecule has 4 rings (SSSR count). The van der Waals surface area contributed by atoms with Gasteiger partial charge in [0, 0.05) is 24.6 Å². The third-order valence-electron chi connectivity index (χ3n) is 4.69. The van der Waals surface area contributed by atoms with Crippen LogP contribution < -0.4 is 0 Å². The molecule has 0 aliphatic carbocycles. The predicted octanol–water partition coefficient (Wildman–Crippen LogP) is 3.68. The standard InChI is InChI=1S/C18H17Cl2N5O3/c1-10-21-15(27-23-10)9-16(26)25-6-4-11(5-7-25)18-22-17(24-28-18)12-2-3-13(19)14(20)8-12/h2-3,8,11H,4-7,9H2,1H3. The van der Waals surface area contributed by atoms with Crippen molar-refractivity contribution in [3.8, 4) is 11.4 Å². The van der Waals surface area contributed by atoms with Gasteiger partial charge in [0.15, 0.2) is 5.82 Å². The molecule has 0 saturated carbocycles. The van der Waals surface area contributed by atoms with Gasteiger partial charge in [-0.25, -0.2) is 0 Å². The molecule has 0 N–H and O–H groups in total. The van der Waals surface area contributed by atoms with E-state index in [1.807, 2.05) is 0 Å². The largest absolute Gasteiger partial charge is 0.342 e. The molecule has 0 unspecified atom stereocenters. The van der Waals surface area contributed by atoms with E-state index in [0.717, 1.165) is 18.4 Å². The van der Waals surface area contributed by atoms with Crippen LogP contribution in [0.2, 0.25) is 10.0 Å². The summed E-state index contributed by atoms with van der Waals surface area (Å²) in [5, 5.41) is 8.67. The summed E-state index contributed by atoms with van der Waals surface area (Å²) in [6, 6.07) is 5.20. The Labute approximate surface area is 170 Å². The molecule has 1 saturated heterocycles. The fraction of sp³-hybridized carbons (Fsp3) is 0.389. The number of halogens is 2. The Balaban J connectivity index is 1.37. The van der Waals surface area contributed by atoms with Gasteiger partial charge in [-0.15, -0.1) is 0 Å². The summed E-state index contributed by atoms with van der Waals surface area (Å²) in [5.74, 6) is 1.99. The number of hydrogen-bond acceptors (Lipinski definition) is 7. The minimum Gasteiger partial charge on any atom is -0.342 e. The molecule has 146 valence electrons. The van der Waals surface area contributed by atoms with Gasteiger partial charge >= 0.3 is 0 Å². The quantitative estimate of drug-likeness (QED) is 0.633. The number of likely N-dealkylation sites (tertiary alicyclic amines) is 1. The lowest BCUT2D eigenvalue weighted by atomic mass is 9.96. The highest BCUT2D eigenvalue weighted by atomic mass is 35.5. The Hall–Kier alpha value is -2.45. The van der Waals surface area contributed by atoms with E-state index in [4.69, 9.17) is 32.2 Å². The average Bonchev–Trinajstić information content (AvgIpc) is 3.33. The minimum absolute atomic E-state index is 0.0240. The van der Waals surface area contributed by atoms with Crippen LogP contribution in [0.1, 0.15) is 36.4 Å². The van der Waals surface area contributed by atoms with Gasteiger partial charge in [-0.1, -0.05) is 33.5 Å². The monoisotopic (exact) mass is 421 g/mol. The van der Waals surface area contributed by atoms with Gasteiger partial charge in [0.2, 0.25) is 23.5 Å². The van der Waals surface area contributed by atoms with Crippen LogP contribution in [0.25, 0.3) is 11.4 Å². The maximum atomic E-state index is 12.4. The number of aromatic nitrogens is 4. The van der Waals surface area contributed by atoms with E-state index in [9.17, 15) is 4.79 Å². The lowest BCUT2D eigenvalue weighted by molar-refractivity contribution is -0.132. The zero-order chi connectivity index (χ0) is 19.7. The third kappa shape index (κ3) is 4.02. The molecule has 1 aliphatic rings. The molecular weight excluding hydrogens is 405 g/mol. The Morgan fingerprint density at radius 2 is 1.93 bits per heavy atom. The first-order chi connectivity index (χ1) is 13.5. The molecule has 1 aliphatic heterocycles. The molecule has 28 heavy (non-hydrogen) atoms.